The highest BCUT2D eigenvalue weighted by molar-refractivity contribution is 5.79. The SMILES string of the molecule is O=c1ccc2cc(OCCc3nnnn3C3CCCCC3)ccc2[nH]1. The minimum absolute atomic E-state index is 0.101. The summed E-state index contributed by atoms with van der Waals surface area (Å²) in [4.78, 5) is 14.1. The summed E-state index contributed by atoms with van der Waals surface area (Å²) < 4.78 is 7.84. The molecule has 0 aliphatic heterocycles. The van der Waals surface area contributed by atoms with Crippen LogP contribution in [0.5, 0.6) is 5.75 Å². The molecule has 0 bridgehead atoms. The van der Waals surface area contributed by atoms with Crippen LogP contribution in [0.4, 0.5) is 0 Å². The molecule has 1 saturated carbocycles. The van der Waals surface area contributed by atoms with E-state index in [9.17, 15) is 4.79 Å². The fraction of sp³-hybridized carbons (Fsp3) is 0.444. The summed E-state index contributed by atoms with van der Waals surface area (Å²) in [5.41, 5.74) is 0.705. The van der Waals surface area contributed by atoms with Crippen molar-refractivity contribution < 1.29 is 4.74 Å². The van der Waals surface area contributed by atoms with Crippen molar-refractivity contribution in [2.45, 2.75) is 44.6 Å². The van der Waals surface area contributed by atoms with Crippen molar-refractivity contribution in [3.8, 4) is 5.75 Å². The van der Waals surface area contributed by atoms with Gasteiger partial charge in [0.2, 0.25) is 5.56 Å². The molecule has 0 saturated heterocycles. The summed E-state index contributed by atoms with van der Waals surface area (Å²) in [6, 6.07) is 9.39. The number of nitrogens with one attached hydrogen (secondary N) is 1. The lowest BCUT2D eigenvalue weighted by molar-refractivity contribution is 0.293. The largest absolute Gasteiger partial charge is 0.493 e. The first-order valence-electron chi connectivity index (χ1n) is 8.82. The average molecular weight is 339 g/mol. The predicted octanol–water partition coefficient (Wildman–Crippen LogP) is 2.64. The predicted molar refractivity (Wildman–Crippen MR) is 93.7 cm³/mol. The van der Waals surface area contributed by atoms with Crippen LogP contribution in [0, 0.1) is 0 Å². The van der Waals surface area contributed by atoms with Gasteiger partial charge in [-0.2, -0.15) is 0 Å². The van der Waals surface area contributed by atoms with Crippen LogP contribution in [0.3, 0.4) is 0 Å². The van der Waals surface area contributed by atoms with Crippen molar-refractivity contribution in [3.63, 3.8) is 0 Å². The quantitative estimate of drug-likeness (QED) is 0.772. The van der Waals surface area contributed by atoms with E-state index in [1.165, 1.54) is 25.3 Å². The van der Waals surface area contributed by atoms with Crippen LogP contribution in [-0.4, -0.2) is 31.8 Å². The first-order chi connectivity index (χ1) is 12.3. The van der Waals surface area contributed by atoms with Gasteiger partial charge in [0.15, 0.2) is 5.82 Å². The number of nitrogens with zero attached hydrogens (tertiary/aromatic N) is 4. The van der Waals surface area contributed by atoms with Crippen LogP contribution in [0.1, 0.15) is 44.0 Å². The molecule has 1 N–H and O–H groups in total. The molecule has 7 nitrogen and oxygen atoms in total. The van der Waals surface area contributed by atoms with Gasteiger partial charge in [0.05, 0.1) is 12.6 Å². The first kappa shape index (κ1) is 15.8. The van der Waals surface area contributed by atoms with E-state index in [4.69, 9.17) is 4.74 Å². The van der Waals surface area contributed by atoms with Crippen LogP contribution in [0.2, 0.25) is 0 Å². The number of hydrogen-bond donors (Lipinski definition) is 1. The summed E-state index contributed by atoms with van der Waals surface area (Å²) in [6.07, 6.45) is 6.79. The summed E-state index contributed by atoms with van der Waals surface area (Å²) in [7, 11) is 0. The van der Waals surface area contributed by atoms with Crippen molar-refractivity contribution in [2.75, 3.05) is 6.61 Å². The molecule has 7 heteroatoms. The smallest absolute Gasteiger partial charge is 0.248 e. The molecule has 0 unspecified atom stereocenters. The molecule has 1 aliphatic carbocycles. The zero-order valence-electron chi connectivity index (χ0n) is 14.0. The van der Waals surface area contributed by atoms with Gasteiger partial charge < -0.3 is 9.72 Å². The van der Waals surface area contributed by atoms with E-state index in [1.54, 1.807) is 6.07 Å². The number of tetrazole rings is 1. The van der Waals surface area contributed by atoms with Crippen molar-refractivity contribution >= 4 is 10.9 Å². The molecule has 1 fully saturated rings. The molecule has 130 valence electrons. The zero-order valence-corrected chi connectivity index (χ0v) is 14.0. The normalized spacial score (nSPS) is 15.5. The Balaban J connectivity index is 1.40. The summed E-state index contributed by atoms with van der Waals surface area (Å²) >= 11 is 0. The van der Waals surface area contributed by atoms with Gasteiger partial charge in [-0.15, -0.1) is 5.10 Å². The van der Waals surface area contributed by atoms with Crippen molar-refractivity contribution in [1.82, 2.24) is 25.2 Å². The molecule has 1 aliphatic rings. The van der Waals surface area contributed by atoms with E-state index in [2.05, 4.69) is 20.5 Å². The van der Waals surface area contributed by atoms with E-state index in [0.717, 1.165) is 35.3 Å². The van der Waals surface area contributed by atoms with Gasteiger partial charge in [0.1, 0.15) is 5.75 Å². The summed E-state index contributed by atoms with van der Waals surface area (Å²) in [6.45, 7) is 0.516. The molecule has 3 aromatic rings. The first-order valence-corrected chi connectivity index (χ1v) is 8.82. The second-order valence-corrected chi connectivity index (χ2v) is 6.50. The maximum absolute atomic E-state index is 11.3. The monoisotopic (exact) mass is 339 g/mol. The standard InChI is InChI=1S/C18H21N5O2/c24-18-9-6-13-12-15(7-8-16(13)19-18)25-11-10-17-20-21-22-23(17)14-4-2-1-3-5-14/h6-9,12,14H,1-5,10-11H2,(H,19,24). The van der Waals surface area contributed by atoms with Crippen molar-refractivity contribution in [1.29, 1.82) is 0 Å². The lowest BCUT2D eigenvalue weighted by Gasteiger charge is -2.22. The number of H-pyrrole nitrogens is 1. The minimum Gasteiger partial charge on any atom is -0.493 e. The lowest BCUT2D eigenvalue weighted by atomic mass is 9.95. The molecule has 0 radical (unpaired) electrons. The lowest BCUT2D eigenvalue weighted by Crippen LogP contribution is -2.18. The van der Waals surface area contributed by atoms with Gasteiger partial charge in [-0.25, -0.2) is 4.68 Å². The molecule has 2 heterocycles. The number of pyridine rings is 1. The topological polar surface area (TPSA) is 85.7 Å². The van der Waals surface area contributed by atoms with Crippen molar-refractivity contribution in [2.24, 2.45) is 0 Å². The Morgan fingerprint density at radius 1 is 1.16 bits per heavy atom. The Morgan fingerprint density at radius 2 is 2.04 bits per heavy atom. The van der Waals surface area contributed by atoms with Gasteiger partial charge in [-0.3, -0.25) is 4.79 Å². The van der Waals surface area contributed by atoms with E-state index in [0.29, 0.717) is 19.1 Å². The average Bonchev–Trinajstić information content (AvgIpc) is 3.11. The van der Waals surface area contributed by atoms with Gasteiger partial charge >= 0.3 is 0 Å². The fourth-order valence-electron chi connectivity index (χ4n) is 3.47. The Hall–Kier alpha value is -2.70. The van der Waals surface area contributed by atoms with Crippen LogP contribution >= 0.6 is 0 Å². The number of aromatic nitrogens is 5. The molecular formula is C18H21N5O2. The summed E-state index contributed by atoms with van der Waals surface area (Å²) in [5.74, 6) is 1.66. The van der Waals surface area contributed by atoms with Crippen LogP contribution in [-0.2, 0) is 6.42 Å². The molecule has 0 amide bonds. The second kappa shape index (κ2) is 7.04. The maximum atomic E-state index is 11.3. The highest BCUT2D eigenvalue weighted by Crippen LogP contribution is 2.28. The minimum atomic E-state index is -0.101. The van der Waals surface area contributed by atoms with Gasteiger partial charge in [0.25, 0.3) is 0 Å². The molecule has 4 rings (SSSR count). The highest BCUT2D eigenvalue weighted by Gasteiger charge is 2.19. The van der Waals surface area contributed by atoms with E-state index < -0.39 is 0 Å². The van der Waals surface area contributed by atoms with Gasteiger partial charge in [-0.1, -0.05) is 19.3 Å². The number of hydrogen-bond acceptors (Lipinski definition) is 5. The van der Waals surface area contributed by atoms with E-state index in [1.807, 2.05) is 22.9 Å². The van der Waals surface area contributed by atoms with Crippen LogP contribution in [0.15, 0.2) is 35.1 Å². The molecular weight excluding hydrogens is 318 g/mol. The highest BCUT2D eigenvalue weighted by atomic mass is 16.5. The molecule has 25 heavy (non-hydrogen) atoms. The zero-order chi connectivity index (χ0) is 17.1. The second-order valence-electron chi connectivity index (χ2n) is 6.50. The number of aromatic amines is 1. The van der Waals surface area contributed by atoms with Crippen LogP contribution in [0.25, 0.3) is 10.9 Å². The number of rotatable bonds is 5. The number of fused-ring (bicyclic) bond motifs is 1. The number of benzene rings is 1. The van der Waals surface area contributed by atoms with Crippen molar-refractivity contribution in [3.05, 3.63) is 46.5 Å². The Kier molecular flexibility index (Phi) is 4.45. The third-order valence-electron chi connectivity index (χ3n) is 4.77. The van der Waals surface area contributed by atoms with E-state index in [-0.39, 0.29) is 5.56 Å². The fourth-order valence-corrected chi connectivity index (χ4v) is 3.47. The Labute approximate surface area is 145 Å². The molecule has 1 aromatic carbocycles. The third-order valence-corrected chi connectivity index (χ3v) is 4.77. The third kappa shape index (κ3) is 3.55. The number of ether oxygens (including phenoxy) is 1. The van der Waals surface area contributed by atoms with Crippen LogP contribution < -0.4 is 10.3 Å². The molecule has 2 aromatic heterocycles. The van der Waals surface area contributed by atoms with Gasteiger partial charge in [0, 0.05) is 23.4 Å². The Bertz CT molecular complexity index is 911. The van der Waals surface area contributed by atoms with Gasteiger partial charge in [-0.05, 0) is 47.5 Å². The molecule has 0 spiro atoms. The molecule has 0 atom stereocenters. The van der Waals surface area contributed by atoms with E-state index >= 15 is 0 Å². The maximum Gasteiger partial charge on any atom is 0.248 e. The summed E-state index contributed by atoms with van der Waals surface area (Å²) in [5, 5.41) is 13.1. The Morgan fingerprint density at radius 3 is 2.92 bits per heavy atom.